The van der Waals surface area contributed by atoms with E-state index in [1.54, 1.807) is 6.33 Å². The molecule has 0 aliphatic heterocycles. The summed E-state index contributed by atoms with van der Waals surface area (Å²) in [5.74, 6) is 0. The van der Waals surface area contributed by atoms with Gasteiger partial charge in [0.1, 0.15) is 6.33 Å². The second kappa shape index (κ2) is 7.59. The third-order valence-corrected chi connectivity index (χ3v) is 9.72. The van der Waals surface area contributed by atoms with Gasteiger partial charge < -0.3 is 0 Å². The lowest BCUT2D eigenvalue weighted by atomic mass is 9.85. The zero-order valence-electron chi connectivity index (χ0n) is 19.6. The summed E-state index contributed by atoms with van der Waals surface area (Å²) in [5.41, 5.74) is 6.28. The fourth-order valence-corrected chi connectivity index (χ4v) is 8.38. The Morgan fingerprint density at radius 1 is 0.909 bits per heavy atom. The zero-order valence-corrected chi connectivity index (χ0v) is 22.0. The number of aryl methyl sites for hydroxylation is 2. The molecule has 33 heavy (non-hydrogen) atoms. The van der Waals surface area contributed by atoms with Crippen molar-refractivity contribution in [1.29, 1.82) is 0 Å². The van der Waals surface area contributed by atoms with E-state index >= 15 is 0 Å². The summed E-state index contributed by atoms with van der Waals surface area (Å²) < 4.78 is 5.26. The number of fused-ring (bicyclic) bond motifs is 5. The molecule has 4 heterocycles. The van der Waals surface area contributed by atoms with Gasteiger partial charge in [-0.2, -0.15) is 0 Å². The minimum absolute atomic E-state index is 0.0727. The molecule has 0 atom stereocenters. The molecule has 0 unspecified atom stereocenters. The summed E-state index contributed by atoms with van der Waals surface area (Å²) in [6.45, 7) is 11.4. The monoisotopic (exact) mass is 486 g/mol. The predicted molar refractivity (Wildman–Crippen MR) is 149 cm³/mol. The molecule has 0 saturated carbocycles. The largest absolute Gasteiger partial charge is 0.235 e. The third-order valence-electron chi connectivity index (χ3n) is 6.50. The van der Waals surface area contributed by atoms with Crippen molar-refractivity contribution in [1.82, 2.24) is 9.97 Å². The van der Waals surface area contributed by atoms with Gasteiger partial charge in [-0.3, -0.25) is 0 Å². The molecule has 0 amide bonds. The maximum atomic E-state index is 4.81. The van der Waals surface area contributed by atoms with Crippen LogP contribution in [-0.4, -0.2) is 9.97 Å². The molecular weight excluding hydrogens is 461 g/mol. The quantitative estimate of drug-likeness (QED) is 0.249. The van der Waals surface area contributed by atoms with Crippen LogP contribution in [0.15, 0.2) is 42.0 Å². The van der Waals surface area contributed by atoms with E-state index in [2.05, 4.69) is 70.3 Å². The third kappa shape index (κ3) is 3.32. The van der Waals surface area contributed by atoms with E-state index in [9.17, 15) is 0 Å². The number of nitrogens with zero attached hydrogens (tertiary/aromatic N) is 2. The first-order valence-corrected chi connectivity index (χ1v) is 14.0. The van der Waals surface area contributed by atoms with E-state index in [1.165, 1.54) is 62.9 Å². The molecule has 0 fully saturated rings. The summed E-state index contributed by atoms with van der Waals surface area (Å²) in [7, 11) is 0. The van der Waals surface area contributed by atoms with Crippen LogP contribution in [-0.2, 0) is 11.8 Å². The Kier molecular flexibility index (Phi) is 4.88. The molecule has 0 bridgehead atoms. The van der Waals surface area contributed by atoms with Crippen LogP contribution in [0.3, 0.4) is 0 Å². The summed E-state index contributed by atoms with van der Waals surface area (Å²) in [4.78, 5) is 11.0. The van der Waals surface area contributed by atoms with E-state index in [4.69, 9.17) is 9.97 Å². The standard InChI is InChI=1S/C28H26N2S3/c1-6-7-18-15(2)32-22-13-23-20(12-19(18)22)25-27(33-23)24(29-14-30-25)17-10-16-8-9-31-26(16)21(11-17)28(3,4)5/h8-14H,6-7H2,1-5H3. The van der Waals surface area contributed by atoms with Crippen LogP contribution in [0.1, 0.15) is 50.1 Å². The summed E-state index contributed by atoms with van der Waals surface area (Å²) in [6, 6.07) is 11.6. The average Bonchev–Trinajstić information content (AvgIpc) is 3.46. The normalized spacial score (nSPS) is 12.6. The van der Waals surface area contributed by atoms with Crippen molar-refractivity contribution in [3.8, 4) is 11.3 Å². The molecule has 6 aromatic rings. The number of rotatable bonds is 3. The van der Waals surface area contributed by atoms with Crippen LogP contribution in [0.4, 0.5) is 0 Å². The van der Waals surface area contributed by atoms with Crippen LogP contribution in [0.2, 0.25) is 0 Å². The molecular formula is C28H26N2S3. The maximum Gasteiger partial charge on any atom is 0.116 e. The van der Waals surface area contributed by atoms with Crippen LogP contribution >= 0.6 is 34.0 Å². The molecule has 0 aliphatic rings. The first-order valence-electron chi connectivity index (χ1n) is 11.5. The summed E-state index contributed by atoms with van der Waals surface area (Å²) >= 11 is 5.59. The highest BCUT2D eigenvalue weighted by Crippen LogP contribution is 2.44. The van der Waals surface area contributed by atoms with Crippen molar-refractivity contribution in [2.24, 2.45) is 0 Å². The molecule has 0 spiro atoms. The highest BCUT2D eigenvalue weighted by atomic mass is 32.1. The van der Waals surface area contributed by atoms with E-state index in [0.717, 1.165) is 17.6 Å². The second-order valence-corrected chi connectivity index (χ2v) is 13.1. The van der Waals surface area contributed by atoms with Gasteiger partial charge in [-0.1, -0.05) is 34.1 Å². The smallest absolute Gasteiger partial charge is 0.116 e. The molecule has 2 nitrogen and oxygen atoms in total. The molecule has 0 radical (unpaired) electrons. The fraction of sp³-hybridized carbons (Fsp3) is 0.286. The Balaban J connectivity index is 1.63. The van der Waals surface area contributed by atoms with Gasteiger partial charge in [-0.15, -0.1) is 34.0 Å². The Hall–Kier alpha value is -2.34. The van der Waals surface area contributed by atoms with E-state index in [0.29, 0.717) is 0 Å². The van der Waals surface area contributed by atoms with Gasteiger partial charge in [0, 0.05) is 29.9 Å². The van der Waals surface area contributed by atoms with E-state index in [-0.39, 0.29) is 5.41 Å². The molecule has 5 heteroatoms. The number of hydrogen-bond acceptors (Lipinski definition) is 5. The number of aromatic nitrogens is 2. The zero-order chi connectivity index (χ0) is 22.9. The lowest BCUT2D eigenvalue weighted by Crippen LogP contribution is -2.11. The van der Waals surface area contributed by atoms with Crippen LogP contribution in [0, 0.1) is 6.92 Å². The van der Waals surface area contributed by atoms with Crippen LogP contribution in [0.5, 0.6) is 0 Å². The minimum Gasteiger partial charge on any atom is -0.235 e. The van der Waals surface area contributed by atoms with Gasteiger partial charge >= 0.3 is 0 Å². The molecule has 2 aromatic carbocycles. The molecule has 6 rings (SSSR count). The van der Waals surface area contributed by atoms with Gasteiger partial charge in [-0.05, 0) is 76.4 Å². The summed E-state index contributed by atoms with van der Waals surface area (Å²) in [6.07, 6.45) is 4.05. The number of benzene rings is 2. The van der Waals surface area contributed by atoms with Crippen LogP contribution in [0.25, 0.3) is 51.7 Å². The topological polar surface area (TPSA) is 25.8 Å². The van der Waals surface area contributed by atoms with Gasteiger partial charge in [-0.25, -0.2) is 9.97 Å². The minimum atomic E-state index is 0.0727. The predicted octanol–water partition coefficient (Wildman–Crippen LogP) is 9.50. The van der Waals surface area contributed by atoms with Gasteiger partial charge in [0.25, 0.3) is 0 Å². The Bertz CT molecular complexity index is 1670. The SMILES string of the molecule is CCCc1c(C)sc2cc3sc4c(-c5cc(C(C)(C)C)c6sccc6c5)ncnc4c3cc12. The molecule has 0 N–H and O–H groups in total. The van der Waals surface area contributed by atoms with Crippen molar-refractivity contribution < 1.29 is 0 Å². The first kappa shape index (κ1) is 21.2. The summed E-state index contributed by atoms with van der Waals surface area (Å²) in [5, 5.41) is 6.16. The lowest BCUT2D eigenvalue weighted by Gasteiger charge is -2.21. The molecule has 0 saturated heterocycles. The van der Waals surface area contributed by atoms with E-state index < -0.39 is 0 Å². The van der Waals surface area contributed by atoms with Crippen molar-refractivity contribution in [3.63, 3.8) is 0 Å². The fourth-order valence-electron chi connectivity index (χ4n) is 4.88. The maximum absolute atomic E-state index is 4.81. The Morgan fingerprint density at radius 2 is 1.73 bits per heavy atom. The number of thiophene rings is 3. The first-order chi connectivity index (χ1) is 15.8. The Morgan fingerprint density at radius 3 is 2.52 bits per heavy atom. The average molecular weight is 487 g/mol. The second-order valence-electron chi connectivity index (χ2n) is 9.85. The highest BCUT2D eigenvalue weighted by Gasteiger charge is 2.21. The van der Waals surface area contributed by atoms with Gasteiger partial charge in [0.15, 0.2) is 0 Å². The van der Waals surface area contributed by atoms with E-state index in [1.807, 2.05) is 34.0 Å². The van der Waals surface area contributed by atoms with Crippen molar-refractivity contribution in [3.05, 3.63) is 58.0 Å². The molecule has 166 valence electrons. The molecule has 0 aliphatic carbocycles. The van der Waals surface area contributed by atoms with Gasteiger partial charge in [0.2, 0.25) is 0 Å². The lowest BCUT2D eigenvalue weighted by molar-refractivity contribution is 0.597. The Labute approximate surface area is 205 Å². The van der Waals surface area contributed by atoms with Crippen LogP contribution < -0.4 is 0 Å². The number of hydrogen-bond donors (Lipinski definition) is 0. The van der Waals surface area contributed by atoms with Gasteiger partial charge in [0.05, 0.1) is 15.9 Å². The molecule has 4 aromatic heterocycles. The van der Waals surface area contributed by atoms with Crippen molar-refractivity contribution in [2.75, 3.05) is 0 Å². The highest BCUT2D eigenvalue weighted by molar-refractivity contribution is 7.27. The van der Waals surface area contributed by atoms with Crippen molar-refractivity contribution >= 4 is 74.5 Å². The van der Waals surface area contributed by atoms with Crippen molar-refractivity contribution in [2.45, 2.75) is 52.9 Å².